The largest absolute Gasteiger partial charge is 0.385 e. The third kappa shape index (κ3) is 4.46. The highest BCUT2D eigenvalue weighted by Gasteiger charge is 2.13. The van der Waals surface area contributed by atoms with Crippen LogP contribution >= 0.6 is 0 Å². The van der Waals surface area contributed by atoms with Gasteiger partial charge < -0.3 is 15.8 Å². The highest BCUT2D eigenvalue weighted by atomic mass is 19.1. The second kappa shape index (κ2) is 6.27. The molecule has 0 aliphatic rings. The molecule has 1 aromatic carbocycles. The number of anilines is 1. The van der Waals surface area contributed by atoms with Crippen LogP contribution in [0.3, 0.4) is 0 Å². The van der Waals surface area contributed by atoms with Crippen LogP contribution in [0.2, 0.25) is 0 Å². The SMILES string of the molecule is COCCC(N)C(=O)Nc1cc(F)cc(F)c1. The van der Waals surface area contributed by atoms with E-state index in [0.717, 1.165) is 18.2 Å². The quantitative estimate of drug-likeness (QED) is 0.819. The van der Waals surface area contributed by atoms with Gasteiger partial charge in [-0.3, -0.25) is 4.79 Å². The van der Waals surface area contributed by atoms with Crippen molar-refractivity contribution in [2.45, 2.75) is 12.5 Å². The summed E-state index contributed by atoms with van der Waals surface area (Å²) in [7, 11) is 1.49. The molecule has 6 heteroatoms. The van der Waals surface area contributed by atoms with E-state index in [1.807, 2.05) is 0 Å². The Kier molecular flexibility index (Phi) is 4.99. The van der Waals surface area contributed by atoms with E-state index in [4.69, 9.17) is 10.5 Å². The summed E-state index contributed by atoms with van der Waals surface area (Å²) in [5.41, 5.74) is 5.59. The zero-order valence-electron chi connectivity index (χ0n) is 9.37. The fraction of sp³-hybridized carbons (Fsp3) is 0.364. The summed E-state index contributed by atoms with van der Waals surface area (Å²) in [5, 5.41) is 2.33. The molecule has 1 rings (SSSR count). The first-order valence-electron chi connectivity index (χ1n) is 5.04. The molecule has 4 nitrogen and oxygen atoms in total. The van der Waals surface area contributed by atoms with Gasteiger partial charge in [-0.15, -0.1) is 0 Å². The molecular weight excluding hydrogens is 230 g/mol. The van der Waals surface area contributed by atoms with Crippen LogP contribution in [0, 0.1) is 11.6 Å². The van der Waals surface area contributed by atoms with Crippen molar-refractivity contribution in [2.75, 3.05) is 19.0 Å². The van der Waals surface area contributed by atoms with Crippen LogP contribution in [0.1, 0.15) is 6.42 Å². The minimum atomic E-state index is -0.777. The highest BCUT2D eigenvalue weighted by molar-refractivity contribution is 5.94. The maximum Gasteiger partial charge on any atom is 0.241 e. The van der Waals surface area contributed by atoms with Crippen LogP contribution in [0.4, 0.5) is 14.5 Å². The first-order chi connectivity index (χ1) is 8.02. The van der Waals surface area contributed by atoms with Gasteiger partial charge in [-0.05, 0) is 18.6 Å². The van der Waals surface area contributed by atoms with E-state index in [1.54, 1.807) is 0 Å². The zero-order chi connectivity index (χ0) is 12.8. The van der Waals surface area contributed by atoms with Crippen molar-refractivity contribution < 1.29 is 18.3 Å². The molecule has 1 aromatic rings. The number of benzene rings is 1. The summed E-state index contributed by atoms with van der Waals surface area (Å²) in [6.07, 6.45) is 0.333. The highest BCUT2D eigenvalue weighted by Crippen LogP contribution is 2.13. The monoisotopic (exact) mass is 244 g/mol. The van der Waals surface area contributed by atoms with Crippen molar-refractivity contribution in [1.29, 1.82) is 0 Å². The van der Waals surface area contributed by atoms with Crippen LogP contribution in [0.15, 0.2) is 18.2 Å². The van der Waals surface area contributed by atoms with E-state index in [-0.39, 0.29) is 5.69 Å². The van der Waals surface area contributed by atoms with Crippen LogP contribution in [-0.4, -0.2) is 25.7 Å². The molecular formula is C11H14F2N2O2. The normalized spacial score (nSPS) is 12.2. The summed E-state index contributed by atoms with van der Waals surface area (Å²) in [6, 6.07) is 1.98. The maximum atomic E-state index is 12.8. The summed E-state index contributed by atoms with van der Waals surface area (Å²) in [4.78, 5) is 11.5. The van der Waals surface area contributed by atoms with E-state index in [1.165, 1.54) is 7.11 Å². The first kappa shape index (κ1) is 13.5. The predicted molar refractivity (Wildman–Crippen MR) is 59.5 cm³/mol. The molecule has 3 N–H and O–H groups in total. The van der Waals surface area contributed by atoms with Gasteiger partial charge in [0.15, 0.2) is 0 Å². The second-order valence-electron chi connectivity index (χ2n) is 3.54. The van der Waals surface area contributed by atoms with Crippen molar-refractivity contribution in [1.82, 2.24) is 0 Å². The average Bonchev–Trinajstić information content (AvgIpc) is 2.24. The number of carbonyl (C=O) groups is 1. The molecule has 0 fully saturated rings. The molecule has 0 radical (unpaired) electrons. The smallest absolute Gasteiger partial charge is 0.241 e. The number of nitrogens with one attached hydrogen (secondary N) is 1. The standard InChI is InChI=1S/C11H14F2N2O2/c1-17-3-2-10(14)11(16)15-9-5-7(12)4-8(13)6-9/h4-6,10H,2-3,14H2,1H3,(H,15,16). The molecule has 0 bridgehead atoms. The third-order valence-electron chi connectivity index (χ3n) is 2.10. The van der Waals surface area contributed by atoms with Gasteiger partial charge >= 0.3 is 0 Å². The lowest BCUT2D eigenvalue weighted by Crippen LogP contribution is -2.36. The van der Waals surface area contributed by atoms with Crippen molar-refractivity contribution in [2.24, 2.45) is 5.73 Å². The minimum absolute atomic E-state index is 0.0420. The van der Waals surface area contributed by atoms with E-state index in [9.17, 15) is 13.6 Å². The number of hydrogen-bond acceptors (Lipinski definition) is 3. The molecule has 0 heterocycles. The van der Waals surface area contributed by atoms with Gasteiger partial charge in [0.25, 0.3) is 0 Å². The molecule has 0 aliphatic heterocycles. The van der Waals surface area contributed by atoms with Crippen LogP contribution in [0.5, 0.6) is 0 Å². The fourth-order valence-electron chi connectivity index (χ4n) is 1.24. The molecule has 17 heavy (non-hydrogen) atoms. The summed E-state index contributed by atoms with van der Waals surface area (Å²) in [6.45, 7) is 0.339. The first-order valence-corrected chi connectivity index (χ1v) is 5.04. The Bertz CT molecular complexity index is 379. The number of hydrogen-bond donors (Lipinski definition) is 2. The van der Waals surface area contributed by atoms with Crippen molar-refractivity contribution in [3.05, 3.63) is 29.8 Å². The van der Waals surface area contributed by atoms with Crippen LogP contribution in [0.25, 0.3) is 0 Å². The van der Waals surface area contributed by atoms with Gasteiger partial charge in [0.2, 0.25) is 5.91 Å². The Morgan fingerprint density at radius 3 is 2.53 bits per heavy atom. The summed E-state index contributed by atoms with van der Waals surface area (Å²) in [5.74, 6) is -2.02. The second-order valence-corrected chi connectivity index (χ2v) is 3.54. The maximum absolute atomic E-state index is 12.8. The molecule has 0 aromatic heterocycles. The Morgan fingerprint density at radius 1 is 1.41 bits per heavy atom. The zero-order valence-corrected chi connectivity index (χ0v) is 9.37. The van der Waals surface area contributed by atoms with E-state index in [2.05, 4.69) is 5.32 Å². The van der Waals surface area contributed by atoms with E-state index >= 15 is 0 Å². The number of nitrogens with two attached hydrogens (primary N) is 1. The van der Waals surface area contributed by atoms with Crippen molar-refractivity contribution in [3.8, 4) is 0 Å². The van der Waals surface area contributed by atoms with E-state index in [0.29, 0.717) is 13.0 Å². The van der Waals surface area contributed by atoms with Gasteiger partial charge in [-0.25, -0.2) is 8.78 Å². The summed E-state index contributed by atoms with van der Waals surface area (Å²) >= 11 is 0. The number of rotatable bonds is 5. The lowest BCUT2D eigenvalue weighted by molar-refractivity contribution is -0.117. The van der Waals surface area contributed by atoms with Crippen LogP contribution < -0.4 is 11.1 Å². The Hall–Kier alpha value is -1.53. The fourth-order valence-corrected chi connectivity index (χ4v) is 1.24. The topological polar surface area (TPSA) is 64.3 Å². The van der Waals surface area contributed by atoms with Gasteiger partial charge in [-0.2, -0.15) is 0 Å². The third-order valence-corrected chi connectivity index (χ3v) is 2.10. The molecule has 0 aliphatic carbocycles. The molecule has 1 amide bonds. The molecule has 0 saturated carbocycles. The minimum Gasteiger partial charge on any atom is -0.385 e. The van der Waals surface area contributed by atoms with Crippen molar-refractivity contribution >= 4 is 11.6 Å². The Morgan fingerprint density at radius 2 is 2.00 bits per heavy atom. The van der Waals surface area contributed by atoms with Gasteiger partial charge in [0.05, 0.1) is 6.04 Å². The van der Waals surface area contributed by atoms with Gasteiger partial charge in [0.1, 0.15) is 11.6 Å². The number of ether oxygens (including phenoxy) is 1. The van der Waals surface area contributed by atoms with Gasteiger partial charge in [-0.1, -0.05) is 0 Å². The number of methoxy groups -OCH3 is 1. The molecule has 0 saturated heterocycles. The Labute approximate surface area is 97.8 Å². The number of carbonyl (C=O) groups excluding carboxylic acids is 1. The predicted octanol–water partition coefficient (Wildman–Crippen LogP) is 1.27. The summed E-state index contributed by atoms with van der Waals surface area (Å²) < 4.78 is 30.5. The van der Waals surface area contributed by atoms with Crippen molar-refractivity contribution in [3.63, 3.8) is 0 Å². The lowest BCUT2D eigenvalue weighted by Gasteiger charge is -2.11. The van der Waals surface area contributed by atoms with E-state index < -0.39 is 23.6 Å². The number of halogens is 2. The number of amides is 1. The van der Waals surface area contributed by atoms with Gasteiger partial charge in [0, 0.05) is 25.5 Å². The molecule has 1 unspecified atom stereocenters. The average molecular weight is 244 g/mol. The molecule has 0 spiro atoms. The molecule has 1 atom stereocenters. The van der Waals surface area contributed by atoms with Crippen LogP contribution in [-0.2, 0) is 9.53 Å². The molecule has 94 valence electrons. The Balaban J connectivity index is 2.61. The lowest BCUT2D eigenvalue weighted by atomic mass is 10.2.